The highest BCUT2D eigenvalue weighted by Gasteiger charge is 2.28. The average molecular weight is 381 g/mol. The number of hydrogen-bond acceptors (Lipinski definition) is 3. The van der Waals surface area contributed by atoms with Crippen LogP contribution in [0.3, 0.4) is 0 Å². The van der Waals surface area contributed by atoms with Crippen molar-refractivity contribution in [3.8, 4) is 0 Å². The number of para-hydroxylation sites is 1. The number of nitrogens with zero attached hydrogens (tertiary/aromatic N) is 1. The Kier molecular flexibility index (Phi) is 5.28. The highest BCUT2D eigenvalue weighted by molar-refractivity contribution is 7.92. The van der Waals surface area contributed by atoms with Crippen molar-refractivity contribution in [2.45, 2.75) is 18.4 Å². The Morgan fingerprint density at radius 1 is 0.889 bits per heavy atom. The zero-order chi connectivity index (χ0) is 19.4. The zero-order valence-corrected chi connectivity index (χ0v) is 15.6. The molecule has 1 N–H and O–H groups in total. The zero-order valence-electron chi connectivity index (χ0n) is 14.7. The number of rotatable bonds is 6. The number of carboxylic acids is 1. The van der Waals surface area contributed by atoms with Crippen LogP contribution >= 0.6 is 0 Å². The highest BCUT2D eigenvalue weighted by atomic mass is 32.2. The normalized spacial score (nSPS) is 11.1. The minimum absolute atomic E-state index is 0.0359. The molecule has 0 amide bonds. The van der Waals surface area contributed by atoms with E-state index in [2.05, 4.69) is 0 Å². The molecule has 27 heavy (non-hydrogen) atoms. The van der Waals surface area contributed by atoms with Gasteiger partial charge >= 0.3 is 5.97 Å². The average Bonchev–Trinajstić information content (AvgIpc) is 2.68. The van der Waals surface area contributed by atoms with Crippen molar-refractivity contribution in [2.75, 3.05) is 4.31 Å². The van der Waals surface area contributed by atoms with E-state index in [-0.39, 0.29) is 22.7 Å². The van der Waals surface area contributed by atoms with Crippen LogP contribution in [0.4, 0.5) is 5.69 Å². The van der Waals surface area contributed by atoms with Crippen LogP contribution in [-0.2, 0) is 16.6 Å². The molecule has 3 aromatic rings. The van der Waals surface area contributed by atoms with Gasteiger partial charge in [-0.15, -0.1) is 0 Å². The van der Waals surface area contributed by atoms with Crippen LogP contribution in [0.15, 0.2) is 83.8 Å². The van der Waals surface area contributed by atoms with Gasteiger partial charge in [0.15, 0.2) is 0 Å². The quantitative estimate of drug-likeness (QED) is 0.698. The molecule has 3 rings (SSSR count). The summed E-state index contributed by atoms with van der Waals surface area (Å²) in [4.78, 5) is 11.8. The number of benzene rings is 3. The first-order valence-corrected chi connectivity index (χ1v) is 9.80. The number of sulfonamides is 1. The summed E-state index contributed by atoms with van der Waals surface area (Å²) in [5, 5.41) is 9.55. The standard InChI is InChI=1S/C21H19NO4S/c1-16-9-5-6-10-17(16)15-22(20-14-8-7-13-19(20)21(23)24)27(25,26)18-11-3-2-4-12-18/h2-14H,15H2,1H3,(H,23,24). The van der Waals surface area contributed by atoms with E-state index in [9.17, 15) is 18.3 Å². The molecule has 0 aliphatic rings. The summed E-state index contributed by atoms with van der Waals surface area (Å²) in [6.07, 6.45) is 0. The van der Waals surface area contributed by atoms with Gasteiger partial charge in [0, 0.05) is 0 Å². The number of anilines is 1. The van der Waals surface area contributed by atoms with E-state index in [1.165, 1.54) is 24.3 Å². The summed E-state index contributed by atoms with van der Waals surface area (Å²) in [6, 6.07) is 21.6. The van der Waals surface area contributed by atoms with Gasteiger partial charge in [-0.2, -0.15) is 0 Å². The van der Waals surface area contributed by atoms with Gasteiger partial charge in [0.25, 0.3) is 10.0 Å². The van der Waals surface area contributed by atoms with Crippen LogP contribution in [0.25, 0.3) is 0 Å². The van der Waals surface area contributed by atoms with Gasteiger partial charge in [0.1, 0.15) is 0 Å². The summed E-state index contributed by atoms with van der Waals surface area (Å²) >= 11 is 0. The van der Waals surface area contributed by atoms with Gasteiger partial charge < -0.3 is 5.11 Å². The lowest BCUT2D eigenvalue weighted by molar-refractivity contribution is 0.0697. The number of carbonyl (C=O) groups is 1. The summed E-state index contributed by atoms with van der Waals surface area (Å²) in [7, 11) is -3.96. The molecular formula is C21H19NO4S. The number of aromatic carboxylic acids is 1. The van der Waals surface area contributed by atoms with Crippen molar-refractivity contribution < 1.29 is 18.3 Å². The minimum atomic E-state index is -3.96. The lowest BCUT2D eigenvalue weighted by atomic mass is 10.1. The van der Waals surface area contributed by atoms with Crippen LogP contribution in [0, 0.1) is 6.92 Å². The van der Waals surface area contributed by atoms with E-state index in [1.807, 2.05) is 31.2 Å². The van der Waals surface area contributed by atoms with Gasteiger partial charge in [-0.3, -0.25) is 4.31 Å². The van der Waals surface area contributed by atoms with Crippen LogP contribution < -0.4 is 4.31 Å². The molecule has 0 fully saturated rings. The lowest BCUT2D eigenvalue weighted by Gasteiger charge is -2.26. The summed E-state index contributed by atoms with van der Waals surface area (Å²) in [6.45, 7) is 1.93. The largest absolute Gasteiger partial charge is 0.478 e. The first kappa shape index (κ1) is 18.7. The topological polar surface area (TPSA) is 74.7 Å². The molecule has 6 heteroatoms. The van der Waals surface area contributed by atoms with Crippen LogP contribution in [-0.4, -0.2) is 19.5 Å². The van der Waals surface area contributed by atoms with Crippen molar-refractivity contribution in [1.82, 2.24) is 0 Å². The molecule has 0 unspecified atom stereocenters. The Hall–Kier alpha value is -3.12. The predicted octanol–water partition coefficient (Wildman–Crippen LogP) is 4.09. The van der Waals surface area contributed by atoms with E-state index in [4.69, 9.17) is 0 Å². The molecular weight excluding hydrogens is 362 g/mol. The van der Waals surface area contributed by atoms with Crippen LogP contribution in [0.2, 0.25) is 0 Å². The van der Waals surface area contributed by atoms with Crippen molar-refractivity contribution in [3.05, 3.63) is 95.6 Å². The Balaban J connectivity index is 2.19. The van der Waals surface area contributed by atoms with E-state index >= 15 is 0 Å². The molecule has 0 aromatic heterocycles. The Labute approximate surface area is 158 Å². The van der Waals surface area contributed by atoms with Crippen molar-refractivity contribution in [2.24, 2.45) is 0 Å². The first-order valence-electron chi connectivity index (χ1n) is 8.36. The van der Waals surface area contributed by atoms with Gasteiger partial charge in [0.05, 0.1) is 22.7 Å². The fraction of sp³-hybridized carbons (Fsp3) is 0.0952. The van der Waals surface area contributed by atoms with Gasteiger partial charge in [-0.1, -0.05) is 54.6 Å². The molecule has 0 saturated carbocycles. The summed E-state index contributed by atoms with van der Waals surface area (Å²) in [5.41, 5.74) is 1.80. The summed E-state index contributed by atoms with van der Waals surface area (Å²) < 4.78 is 27.9. The van der Waals surface area contributed by atoms with E-state index in [0.29, 0.717) is 0 Å². The maximum atomic E-state index is 13.4. The van der Waals surface area contributed by atoms with E-state index in [1.54, 1.807) is 30.3 Å². The minimum Gasteiger partial charge on any atom is -0.478 e. The highest BCUT2D eigenvalue weighted by Crippen LogP contribution is 2.29. The Morgan fingerprint density at radius 3 is 2.15 bits per heavy atom. The Bertz CT molecular complexity index is 1060. The van der Waals surface area contributed by atoms with Crippen molar-refractivity contribution >= 4 is 21.7 Å². The molecule has 0 aliphatic carbocycles. The molecule has 0 radical (unpaired) electrons. The maximum Gasteiger partial charge on any atom is 0.337 e. The molecule has 3 aromatic carbocycles. The summed E-state index contributed by atoms with van der Waals surface area (Å²) in [5.74, 6) is -1.18. The predicted molar refractivity (Wildman–Crippen MR) is 104 cm³/mol. The van der Waals surface area contributed by atoms with Crippen LogP contribution in [0.1, 0.15) is 21.5 Å². The smallest absolute Gasteiger partial charge is 0.337 e. The molecule has 0 saturated heterocycles. The molecule has 0 heterocycles. The Morgan fingerprint density at radius 2 is 1.48 bits per heavy atom. The molecule has 0 atom stereocenters. The molecule has 0 bridgehead atoms. The number of hydrogen-bond donors (Lipinski definition) is 1. The molecule has 5 nitrogen and oxygen atoms in total. The van der Waals surface area contributed by atoms with Gasteiger partial charge in [-0.05, 0) is 42.3 Å². The fourth-order valence-electron chi connectivity index (χ4n) is 2.83. The number of carboxylic acid groups (broad SMARTS) is 1. The fourth-order valence-corrected chi connectivity index (χ4v) is 4.32. The van der Waals surface area contributed by atoms with E-state index < -0.39 is 16.0 Å². The van der Waals surface area contributed by atoms with Gasteiger partial charge in [-0.25, -0.2) is 13.2 Å². The van der Waals surface area contributed by atoms with Crippen LogP contribution in [0.5, 0.6) is 0 Å². The SMILES string of the molecule is Cc1ccccc1CN(c1ccccc1C(=O)O)S(=O)(=O)c1ccccc1. The first-order chi connectivity index (χ1) is 12.9. The third-order valence-corrected chi connectivity index (χ3v) is 6.08. The number of aryl methyl sites for hydroxylation is 1. The van der Waals surface area contributed by atoms with E-state index in [0.717, 1.165) is 15.4 Å². The maximum absolute atomic E-state index is 13.4. The molecule has 138 valence electrons. The second-order valence-corrected chi connectivity index (χ2v) is 7.94. The molecule has 0 aliphatic heterocycles. The second-order valence-electron chi connectivity index (χ2n) is 6.07. The molecule has 0 spiro atoms. The monoisotopic (exact) mass is 381 g/mol. The third-order valence-electron chi connectivity index (χ3n) is 4.31. The van der Waals surface area contributed by atoms with Gasteiger partial charge in [0.2, 0.25) is 0 Å². The third kappa shape index (κ3) is 3.85. The lowest BCUT2D eigenvalue weighted by Crippen LogP contribution is -2.32. The second kappa shape index (κ2) is 7.63. The van der Waals surface area contributed by atoms with Crippen molar-refractivity contribution in [1.29, 1.82) is 0 Å². The van der Waals surface area contributed by atoms with Crippen molar-refractivity contribution in [3.63, 3.8) is 0 Å².